The molecular weight excluding hydrogens is 299 g/mol. The quantitative estimate of drug-likeness (QED) is 0.878. The first-order chi connectivity index (χ1) is 9.54. The van der Waals surface area contributed by atoms with Crippen LogP contribution in [0, 0.1) is 0 Å². The number of amides is 1. The van der Waals surface area contributed by atoms with Crippen LogP contribution in [-0.4, -0.2) is 20.8 Å². The van der Waals surface area contributed by atoms with Gasteiger partial charge in [-0.3, -0.25) is 4.79 Å². The first-order valence-electron chi connectivity index (χ1n) is 5.89. The van der Waals surface area contributed by atoms with Gasteiger partial charge in [0.2, 0.25) is 5.95 Å². The van der Waals surface area contributed by atoms with Crippen LogP contribution in [0.15, 0.2) is 24.4 Å². The van der Waals surface area contributed by atoms with Crippen LogP contribution in [0.5, 0.6) is 0 Å². The molecule has 2 heterocycles. The minimum Gasteiger partial charge on any atom is -0.368 e. The van der Waals surface area contributed by atoms with Crippen molar-refractivity contribution in [2.45, 2.75) is 13.1 Å². The third-order valence-corrected chi connectivity index (χ3v) is 3.67. The molecule has 0 aliphatic carbocycles. The van der Waals surface area contributed by atoms with Crippen molar-refractivity contribution in [3.8, 4) is 0 Å². The van der Waals surface area contributed by atoms with Gasteiger partial charge in [0.1, 0.15) is 0 Å². The molecule has 0 saturated heterocycles. The van der Waals surface area contributed by atoms with E-state index < -0.39 is 0 Å². The van der Waals surface area contributed by atoms with Crippen LogP contribution in [0.1, 0.15) is 21.6 Å². The van der Waals surface area contributed by atoms with E-state index in [4.69, 9.17) is 28.9 Å². The Bertz CT molecular complexity index is 705. The molecule has 1 aliphatic heterocycles. The smallest absolute Gasteiger partial charge is 0.256 e. The molecule has 0 fully saturated rings. The summed E-state index contributed by atoms with van der Waals surface area (Å²) in [6, 6.07) is 4.81. The van der Waals surface area contributed by atoms with Crippen molar-refractivity contribution in [2.75, 3.05) is 5.73 Å². The minimum absolute atomic E-state index is 0.164. The van der Waals surface area contributed by atoms with E-state index >= 15 is 0 Å². The first-order valence-corrected chi connectivity index (χ1v) is 6.65. The molecule has 0 saturated carbocycles. The molecule has 3 rings (SSSR count). The second kappa shape index (κ2) is 4.92. The van der Waals surface area contributed by atoms with Gasteiger partial charge < -0.3 is 10.6 Å². The van der Waals surface area contributed by atoms with E-state index in [1.54, 1.807) is 29.3 Å². The predicted molar refractivity (Wildman–Crippen MR) is 76.5 cm³/mol. The van der Waals surface area contributed by atoms with Crippen LogP contribution in [0.3, 0.4) is 0 Å². The Morgan fingerprint density at radius 2 is 2.10 bits per heavy atom. The van der Waals surface area contributed by atoms with Crippen molar-refractivity contribution in [3.63, 3.8) is 0 Å². The maximum absolute atomic E-state index is 12.5. The SMILES string of the molecule is Nc1ncc2c(n1)CN(C(=O)c1ccc(Cl)cc1Cl)C2. The number of carbonyl (C=O) groups is 1. The average molecular weight is 309 g/mol. The Hall–Kier alpha value is -1.85. The third kappa shape index (κ3) is 2.30. The lowest BCUT2D eigenvalue weighted by Crippen LogP contribution is -2.25. The number of hydrogen-bond acceptors (Lipinski definition) is 4. The fourth-order valence-corrected chi connectivity index (χ4v) is 2.64. The number of rotatable bonds is 1. The summed E-state index contributed by atoms with van der Waals surface area (Å²) in [6.45, 7) is 0.854. The molecule has 1 aromatic heterocycles. The number of nitrogens with two attached hydrogens (primary N) is 1. The van der Waals surface area contributed by atoms with Crippen molar-refractivity contribution in [1.82, 2.24) is 14.9 Å². The molecule has 5 nitrogen and oxygen atoms in total. The molecule has 2 N–H and O–H groups in total. The number of fused-ring (bicyclic) bond motifs is 1. The fourth-order valence-electron chi connectivity index (χ4n) is 2.15. The highest BCUT2D eigenvalue weighted by atomic mass is 35.5. The Labute approximate surface area is 125 Å². The monoisotopic (exact) mass is 308 g/mol. The Balaban J connectivity index is 1.87. The van der Waals surface area contributed by atoms with Gasteiger partial charge in [-0.1, -0.05) is 23.2 Å². The third-order valence-electron chi connectivity index (χ3n) is 3.12. The van der Waals surface area contributed by atoms with Gasteiger partial charge in [0.25, 0.3) is 5.91 Å². The number of halogens is 2. The summed E-state index contributed by atoms with van der Waals surface area (Å²) in [4.78, 5) is 22.2. The highest BCUT2D eigenvalue weighted by Crippen LogP contribution is 2.27. The number of anilines is 1. The van der Waals surface area contributed by atoms with Crippen LogP contribution >= 0.6 is 23.2 Å². The average Bonchev–Trinajstić information content (AvgIpc) is 2.81. The molecule has 1 aliphatic rings. The summed E-state index contributed by atoms with van der Waals surface area (Å²) in [5.41, 5.74) is 7.64. The fraction of sp³-hybridized carbons (Fsp3) is 0.154. The molecule has 20 heavy (non-hydrogen) atoms. The van der Waals surface area contributed by atoms with Gasteiger partial charge in [-0.25, -0.2) is 9.97 Å². The predicted octanol–water partition coefficient (Wildman–Crippen LogP) is 2.52. The normalized spacial score (nSPS) is 13.4. The summed E-state index contributed by atoms with van der Waals surface area (Å²) in [5, 5.41) is 0.832. The van der Waals surface area contributed by atoms with Gasteiger partial charge in [0, 0.05) is 23.3 Å². The van der Waals surface area contributed by atoms with Crippen LogP contribution in [0.2, 0.25) is 10.0 Å². The van der Waals surface area contributed by atoms with Gasteiger partial charge >= 0.3 is 0 Å². The van der Waals surface area contributed by atoms with Crippen LogP contribution in [0.4, 0.5) is 5.95 Å². The number of benzene rings is 1. The van der Waals surface area contributed by atoms with Crippen molar-refractivity contribution in [3.05, 3.63) is 51.3 Å². The number of nitrogens with zero attached hydrogens (tertiary/aromatic N) is 3. The van der Waals surface area contributed by atoms with E-state index in [0.29, 0.717) is 28.7 Å². The van der Waals surface area contributed by atoms with Crippen LogP contribution in [-0.2, 0) is 13.1 Å². The number of hydrogen-bond donors (Lipinski definition) is 1. The molecule has 0 bridgehead atoms. The molecule has 0 spiro atoms. The second-order valence-corrected chi connectivity index (χ2v) is 5.33. The largest absolute Gasteiger partial charge is 0.368 e. The van der Waals surface area contributed by atoms with Gasteiger partial charge in [0.05, 0.1) is 22.8 Å². The molecule has 102 valence electrons. The zero-order chi connectivity index (χ0) is 14.3. The zero-order valence-corrected chi connectivity index (χ0v) is 11.8. The lowest BCUT2D eigenvalue weighted by molar-refractivity contribution is 0.0750. The van der Waals surface area contributed by atoms with Gasteiger partial charge in [0.15, 0.2) is 0 Å². The molecule has 1 aromatic carbocycles. The zero-order valence-electron chi connectivity index (χ0n) is 10.3. The standard InChI is InChI=1S/C13H10Cl2N4O/c14-8-1-2-9(10(15)3-8)12(20)19-5-7-4-17-13(16)18-11(7)6-19/h1-4H,5-6H2,(H2,16,17,18). The Kier molecular flexibility index (Phi) is 3.23. The lowest BCUT2D eigenvalue weighted by Gasteiger charge is -2.15. The van der Waals surface area contributed by atoms with E-state index in [1.807, 2.05) is 0 Å². The minimum atomic E-state index is -0.164. The molecule has 0 unspecified atom stereocenters. The highest BCUT2D eigenvalue weighted by molar-refractivity contribution is 6.36. The van der Waals surface area contributed by atoms with Crippen molar-refractivity contribution in [2.24, 2.45) is 0 Å². The molecular formula is C13H10Cl2N4O. The van der Waals surface area contributed by atoms with Crippen molar-refractivity contribution >= 4 is 35.1 Å². The lowest BCUT2D eigenvalue weighted by atomic mass is 10.2. The van der Waals surface area contributed by atoms with E-state index in [9.17, 15) is 4.79 Å². The Morgan fingerprint density at radius 3 is 2.85 bits per heavy atom. The molecule has 1 amide bonds. The van der Waals surface area contributed by atoms with Crippen molar-refractivity contribution < 1.29 is 4.79 Å². The van der Waals surface area contributed by atoms with E-state index in [2.05, 4.69) is 9.97 Å². The van der Waals surface area contributed by atoms with E-state index in [1.165, 1.54) is 0 Å². The van der Waals surface area contributed by atoms with E-state index in [-0.39, 0.29) is 11.9 Å². The first kappa shape index (κ1) is 13.1. The molecule has 2 aromatic rings. The molecule has 0 atom stereocenters. The topological polar surface area (TPSA) is 72.1 Å². The molecule has 0 radical (unpaired) electrons. The summed E-state index contributed by atoms with van der Waals surface area (Å²) < 4.78 is 0. The van der Waals surface area contributed by atoms with Gasteiger partial charge in [-0.05, 0) is 18.2 Å². The highest BCUT2D eigenvalue weighted by Gasteiger charge is 2.27. The maximum atomic E-state index is 12.5. The second-order valence-electron chi connectivity index (χ2n) is 4.49. The van der Waals surface area contributed by atoms with Gasteiger partial charge in [-0.2, -0.15) is 0 Å². The van der Waals surface area contributed by atoms with Crippen LogP contribution in [0.25, 0.3) is 0 Å². The molecule has 7 heteroatoms. The Morgan fingerprint density at radius 1 is 1.30 bits per heavy atom. The van der Waals surface area contributed by atoms with Crippen molar-refractivity contribution in [1.29, 1.82) is 0 Å². The number of nitrogen functional groups attached to an aromatic ring is 1. The van der Waals surface area contributed by atoms with E-state index in [0.717, 1.165) is 11.3 Å². The summed E-state index contributed by atoms with van der Waals surface area (Å²) >= 11 is 11.9. The summed E-state index contributed by atoms with van der Waals surface area (Å²) in [6.07, 6.45) is 1.65. The number of aromatic nitrogens is 2. The number of carbonyl (C=O) groups excluding carboxylic acids is 1. The summed E-state index contributed by atoms with van der Waals surface area (Å²) in [5.74, 6) is 0.0470. The van der Waals surface area contributed by atoms with Gasteiger partial charge in [-0.15, -0.1) is 0 Å². The summed E-state index contributed by atoms with van der Waals surface area (Å²) in [7, 11) is 0. The maximum Gasteiger partial charge on any atom is 0.256 e. The van der Waals surface area contributed by atoms with Crippen LogP contribution < -0.4 is 5.73 Å².